The van der Waals surface area contributed by atoms with Crippen LogP contribution in [-0.4, -0.2) is 12.1 Å². The SMILES string of the molecule is CCCC1CCC(CN)(Nc2ccc(C)cc2)CC1. The smallest absolute Gasteiger partial charge is 0.0495 e. The number of hydrogen-bond acceptors (Lipinski definition) is 2. The maximum absolute atomic E-state index is 6.07. The van der Waals surface area contributed by atoms with Gasteiger partial charge in [0.25, 0.3) is 0 Å². The van der Waals surface area contributed by atoms with Crippen LogP contribution in [0.5, 0.6) is 0 Å². The van der Waals surface area contributed by atoms with Crippen molar-refractivity contribution < 1.29 is 0 Å². The summed E-state index contributed by atoms with van der Waals surface area (Å²) in [5.41, 5.74) is 8.71. The van der Waals surface area contributed by atoms with Crippen molar-refractivity contribution in [3.05, 3.63) is 29.8 Å². The third-order valence-corrected chi connectivity index (χ3v) is 4.61. The Balaban J connectivity index is 1.98. The first-order valence-corrected chi connectivity index (χ1v) is 7.72. The van der Waals surface area contributed by atoms with E-state index in [-0.39, 0.29) is 5.54 Å². The Hall–Kier alpha value is -1.02. The summed E-state index contributed by atoms with van der Waals surface area (Å²) in [6, 6.07) is 8.67. The Labute approximate surface area is 117 Å². The van der Waals surface area contributed by atoms with Gasteiger partial charge in [-0.05, 0) is 50.7 Å². The van der Waals surface area contributed by atoms with E-state index in [9.17, 15) is 0 Å². The lowest BCUT2D eigenvalue weighted by Crippen LogP contribution is -2.48. The second kappa shape index (κ2) is 6.42. The minimum Gasteiger partial charge on any atom is -0.378 e. The van der Waals surface area contributed by atoms with Crippen LogP contribution in [-0.2, 0) is 0 Å². The average Bonchev–Trinajstić information content (AvgIpc) is 2.44. The number of nitrogens with two attached hydrogens (primary N) is 1. The number of rotatable bonds is 5. The average molecular weight is 260 g/mol. The van der Waals surface area contributed by atoms with Crippen LogP contribution in [0, 0.1) is 12.8 Å². The van der Waals surface area contributed by atoms with Crippen molar-refractivity contribution in [1.82, 2.24) is 0 Å². The standard InChI is InChI=1S/C17H28N2/c1-3-4-15-9-11-17(13-18,12-10-15)19-16-7-5-14(2)6-8-16/h5-8,15,19H,3-4,9-13,18H2,1-2H3. The third kappa shape index (κ3) is 3.73. The molecule has 1 aromatic carbocycles. The highest BCUT2D eigenvalue weighted by molar-refractivity contribution is 5.47. The summed E-state index contributed by atoms with van der Waals surface area (Å²) in [5, 5.41) is 3.71. The van der Waals surface area contributed by atoms with Gasteiger partial charge in [0.05, 0.1) is 0 Å². The Morgan fingerprint density at radius 2 is 1.84 bits per heavy atom. The molecule has 0 atom stereocenters. The van der Waals surface area contributed by atoms with E-state index >= 15 is 0 Å². The normalized spacial score (nSPS) is 27.2. The monoisotopic (exact) mass is 260 g/mol. The first-order valence-electron chi connectivity index (χ1n) is 7.72. The quantitative estimate of drug-likeness (QED) is 0.836. The van der Waals surface area contributed by atoms with Crippen LogP contribution in [0.1, 0.15) is 51.0 Å². The number of hydrogen-bond donors (Lipinski definition) is 2. The van der Waals surface area contributed by atoms with Gasteiger partial charge in [0.1, 0.15) is 0 Å². The van der Waals surface area contributed by atoms with Crippen molar-refractivity contribution in [2.45, 2.75) is 57.9 Å². The third-order valence-electron chi connectivity index (χ3n) is 4.61. The van der Waals surface area contributed by atoms with Gasteiger partial charge in [0.15, 0.2) is 0 Å². The van der Waals surface area contributed by atoms with Crippen LogP contribution in [0.15, 0.2) is 24.3 Å². The first kappa shape index (κ1) is 14.4. The highest BCUT2D eigenvalue weighted by atomic mass is 15.0. The van der Waals surface area contributed by atoms with Crippen molar-refractivity contribution in [3.63, 3.8) is 0 Å². The molecule has 0 unspecified atom stereocenters. The van der Waals surface area contributed by atoms with E-state index in [0.717, 1.165) is 12.5 Å². The van der Waals surface area contributed by atoms with Crippen molar-refractivity contribution >= 4 is 5.69 Å². The molecule has 1 saturated carbocycles. The molecule has 3 N–H and O–H groups in total. The molecule has 0 radical (unpaired) electrons. The van der Waals surface area contributed by atoms with E-state index in [4.69, 9.17) is 5.73 Å². The van der Waals surface area contributed by atoms with Crippen LogP contribution in [0.25, 0.3) is 0 Å². The van der Waals surface area contributed by atoms with Gasteiger partial charge in [-0.3, -0.25) is 0 Å². The zero-order valence-electron chi connectivity index (χ0n) is 12.4. The van der Waals surface area contributed by atoms with Gasteiger partial charge in [0.2, 0.25) is 0 Å². The zero-order chi connectivity index (χ0) is 13.7. The van der Waals surface area contributed by atoms with Gasteiger partial charge in [0, 0.05) is 17.8 Å². The highest BCUT2D eigenvalue weighted by Crippen LogP contribution is 2.36. The van der Waals surface area contributed by atoms with Gasteiger partial charge in [-0.15, -0.1) is 0 Å². The maximum atomic E-state index is 6.07. The minimum absolute atomic E-state index is 0.125. The van der Waals surface area contributed by atoms with Gasteiger partial charge >= 0.3 is 0 Å². The van der Waals surface area contributed by atoms with Crippen LogP contribution >= 0.6 is 0 Å². The summed E-state index contributed by atoms with van der Waals surface area (Å²) in [6.07, 6.45) is 7.76. The number of nitrogens with one attached hydrogen (secondary N) is 1. The van der Waals surface area contributed by atoms with Crippen molar-refractivity contribution in [2.24, 2.45) is 11.7 Å². The fourth-order valence-electron chi connectivity index (χ4n) is 3.25. The summed E-state index contributed by atoms with van der Waals surface area (Å²) in [4.78, 5) is 0. The molecule has 0 aliphatic heterocycles. The molecule has 0 amide bonds. The predicted octanol–water partition coefficient (Wildman–Crippen LogP) is 4.09. The summed E-state index contributed by atoms with van der Waals surface area (Å²) in [7, 11) is 0. The molecule has 1 aromatic rings. The predicted molar refractivity (Wildman–Crippen MR) is 83.5 cm³/mol. The minimum atomic E-state index is 0.125. The van der Waals surface area contributed by atoms with Crippen molar-refractivity contribution in [3.8, 4) is 0 Å². The fraction of sp³-hybridized carbons (Fsp3) is 0.647. The van der Waals surface area contributed by atoms with Crippen LogP contribution < -0.4 is 11.1 Å². The summed E-state index contributed by atoms with van der Waals surface area (Å²) >= 11 is 0. The molecule has 2 heteroatoms. The summed E-state index contributed by atoms with van der Waals surface area (Å²) < 4.78 is 0. The van der Waals surface area contributed by atoms with Gasteiger partial charge in [-0.25, -0.2) is 0 Å². The van der Waals surface area contributed by atoms with Gasteiger partial charge in [-0.2, -0.15) is 0 Å². The van der Waals surface area contributed by atoms with E-state index in [2.05, 4.69) is 43.4 Å². The lowest BCUT2D eigenvalue weighted by Gasteiger charge is -2.41. The lowest BCUT2D eigenvalue weighted by molar-refractivity contribution is 0.247. The van der Waals surface area contributed by atoms with Crippen LogP contribution in [0.4, 0.5) is 5.69 Å². The van der Waals surface area contributed by atoms with Crippen LogP contribution in [0.3, 0.4) is 0 Å². The molecule has 0 heterocycles. The highest BCUT2D eigenvalue weighted by Gasteiger charge is 2.33. The van der Waals surface area contributed by atoms with Crippen LogP contribution in [0.2, 0.25) is 0 Å². The van der Waals surface area contributed by atoms with Gasteiger partial charge in [-0.1, -0.05) is 37.5 Å². The van der Waals surface area contributed by atoms with Crippen molar-refractivity contribution in [2.75, 3.05) is 11.9 Å². The Morgan fingerprint density at radius 1 is 1.21 bits per heavy atom. The Morgan fingerprint density at radius 3 is 2.37 bits per heavy atom. The van der Waals surface area contributed by atoms with Gasteiger partial charge < -0.3 is 11.1 Å². The first-order chi connectivity index (χ1) is 9.17. The van der Waals surface area contributed by atoms with Crippen molar-refractivity contribution in [1.29, 1.82) is 0 Å². The van der Waals surface area contributed by atoms with E-state index in [1.807, 2.05) is 0 Å². The second-order valence-electron chi connectivity index (χ2n) is 6.21. The molecule has 2 rings (SSSR count). The zero-order valence-corrected chi connectivity index (χ0v) is 12.4. The topological polar surface area (TPSA) is 38.0 Å². The summed E-state index contributed by atoms with van der Waals surface area (Å²) in [6.45, 7) is 5.15. The van der Waals surface area contributed by atoms with E-state index in [1.54, 1.807) is 0 Å². The largest absolute Gasteiger partial charge is 0.378 e. The maximum Gasteiger partial charge on any atom is 0.0495 e. The Kier molecular flexibility index (Phi) is 4.87. The number of benzene rings is 1. The molecule has 1 aliphatic carbocycles. The molecule has 1 fully saturated rings. The summed E-state index contributed by atoms with van der Waals surface area (Å²) in [5.74, 6) is 0.921. The molecule has 1 aliphatic rings. The Bertz CT molecular complexity index is 375. The molecular weight excluding hydrogens is 232 g/mol. The fourth-order valence-corrected chi connectivity index (χ4v) is 3.25. The molecule has 0 bridgehead atoms. The molecule has 0 aromatic heterocycles. The molecule has 106 valence electrons. The molecule has 0 spiro atoms. The molecule has 0 saturated heterocycles. The van der Waals surface area contributed by atoms with E-state index in [1.165, 1.54) is 49.8 Å². The molecule has 2 nitrogen and oxygen atoms in total. The number of aryl methyl sites for hydroxylation is 1. The van der Waals surface area contributed by atoms with E-state index < -0.39 is 0 Å². The lowest BCUT2D eigenvalue weighted by atomic mass is 9.75. The van der Waals surface area contributed by atoms with E-state index in [0.29, 0.717) is 0 Å². The second-order valence-corrected chi connectivity index (χ2v) is 6.21. The molecule has 19 heavy (non-hydrogen) atoms. The number of anilines is 1. The molecular formula is C17H28N2.